The summed E-state index contributed by atoms with van der Waals surface area (Å²) in [6.45, 7) is 0. The van der Waals surface area contributed by atoms with Crippen molar-refractivity contribution >= 4 is 27.5 Å². The molecule has 0 radical (unpaired) electrons. The van der Waals surface area contributed by atoms with Crippen molar-refractivity contribution in [1.82, 2.24) is 14.6 Å². The maximum atomic E-state index is 11.4. The molecule has 0 amide bonds. The Balaban J connectivity index is 2.06. The number of carboxylic acids is 1. The Kier molecular flexibility index (Phi) is 3.26. The van der Waals surface area contributed by atoms with E-state index in [0.29, 0.717) is 0 Å². The molecule has 2 aromatic heterocycles. The second kappa shape index (κ2) is 4.92. The van der Waals surface area contributed by atoms with E-state index in [-0.39, 0.29) is 11.8 Å². The minimum Gasteiger partial charge on any atom is -0.481 e. The van der Waals surface area contributed by atoms with Crippen LogP contribution in [0.5, 0.6) is 0 Å². The first-order chi connectivity index (χ1) is 9.16. The van der Waals surface area contributed by atoms with Crippen LogP contribution in [-0.4, -0.2) is 25.7 Å². The van der Waals surface area contributed by atoms with Crippen LogP contribution in [0.4, 0.5) is 0 Å². The fourth-order valence-electron chi connectivity index (χ4n) is 2.87. The molecule has 1 N–H and O–H groups in total. The van der Waals surface area contributed by atoms with E-state index in [1.165, 1.54) is 0 Å². The number of pyridine rings is 1. The Labute approximate surface area is 118 Å². The van der Waals surface area contributed by atoms with Gasteiger partial charge < -0.3 is 5.11 Å². The van der Waals surface area contributed by atoms with Crippen LogP contribution in [0, 0.1) is 5.92 Å². The molecule has 19 heavy (non-hydrogen) atoms. The summed E-state index contributed by atoms with van der Waals surface area (Å²) >= 11 is 3.43. The molecule has 1 aliphatic carbocycles. The average Bonchev–Trinajstić information content (AvgIpc) is 2.81. The fraction of sp³-hybridized carbons (Fsp3) is 0.462. The molecule has 0 saturated heterocycles. The minimum atomic E-state index is -0.726. The normalized spacial score (nSPS) is 23.6. The van der Waals surface area contributed by atoms with Gasteiger partial charge in [-0.1, -0.05) is 12.8 Å². The van der Waals surface area contributed by atoms with Gasteiger partial charge in [0, 0.05) is 16.6 Å². The first-order valence-electron chi connectivity index (χ1n) is 6.40. The van der Waals surface area contributed by atoms with Crippen molar-refractivity contribution in [3.05, 3.63) is 28.6 Å². The van der Waals surface area contributed by atoms with Crippen LogP contribution in [0.15, 0.2) is 22.8 Å². The summed E-state index contributed by atoms with van der Waals surface area (Å²) in [6, 6.07) is 3.78. The lowest BCUT2D eigenvalue weighted by Crippen LogP contribution is -2.26. The number of aromatic nitrogens is 3. The molecule has 6 heteroatoms. The highest BCUT2D eigenvalue weighted by Crippen LogP contribution is 2.37. The molecule has 2 heterocycles. The molecule has 1 saturated carbocycles. The molecule has 3 rings (SSSR count). The van der Waals surface area contributed by atoms with Gasteiger partial charge in [-0.3, -0.25) is 9.20 Å². The van der Waals surface area contributed by atoms with Crippen molar-refractivity contribution < 1.29 is 9.90 Å². The van der Waals surface area contributed by atoms with E-state index in [4.69, 9.17) is 0 Å². The zero-order chi connectivity index (χ0) is 13.4. The van der Waals surface area contributed by atoms with Gasteiger partial charge in [0.25, 0.3) is 0 Å². The van der Waals surface area contributed by atoms with Gasteiger partial charge in [-0.15, -0.1) is 10.2 Å². The van der Waals surface area contributed by atoms with Crippen LogP contribution < -0.4 is 0 Å². The van der Waals surface area contributed by atoms with Crippen molar-refractivity contribution in [3.8, 4) is 0 Å². The molecule has 0 bridgehead atoms. The van der Waals surface area contributed by atoms with E-state index in [0.717, 1.165) is 41.6 Å². The molecule has 0 aromatic carbocycles. The van der Waals surface area contributed by atoms with Crippen LogP contribution in [0.25, 0.3) is 5.65 Å². The van der Waals surface area contributed by atoms with Gasteiger partial charge in [-0.25, -0.2) is 0 Å². The van der Waals surface area contributed by atoms with Crippen molar-refractivity contribution in [1.29, 1.82) is 0 Å². The average molecular weight is 324 g/mol. The molecular formula is C13H14BrN3O2. The molecule has 100 valence electrons. The summed E-state index contributed by atoms with van der Waals surface area (Å²) < 4.78 is 2.83. The third-order valence-electron chi connectivity index (χ3n) is 3.81. The zero-order valence-corrected chi connectivity index (χ0v) is 11.9. The highest BCUT2D eigenvalue weighted by molar-refractivity contribution is 9.10. The van der Waals surface area contributed by atoms with Crippen LogP contribution >= 0.6 is 15.9 Å². The fourth-order valence-corrected chi connectivity index (χ4v) is 3.21. The molecule has 2 atom stereocenters. The highest BCUT2D eigenvalue weighted by atomic mass is 79.9. The Hall–Kier alpha value is -1.43. The van der Waals surface area contributed by atoms with E-state index >= 15 is 0 Å². The van der Waals surface area contributed by atoms with Crippen LogP contribution in [-0.2, 0) is 4.79 Å². The maximum absolute atomic E-state index is 11.4. The van der Waals surface area contributed by atoms with Crippen molar-refractivity contribution in [2.75, 3.05) is 0 Å². The van der Waals surface area contributed by atoms with Crippen molar-refractivity contribution in [3.63, 3.8) is 0 Å². The zero-order valence-electron chi connectivity index (χ0n) is 10.3. The van der Waals surface area contributed by atoms with E-state index in [1.807, 2.05) is 22.7 Å². The molecule has 5 nitrogen and oxygen atoms in total. The first kappa shape index (κ1) is 12.6. The molecule has 0 spiro atoms. The monoisotopic (exact) mass is 323 g/mol. The summed E-state index contributed by atoms with van der Waals surface area (Å²) in [6.07, 6.45) is 5.52. The molecule has 2 unspecified atom stereocenters. The number of halogens is 1. The van der Waals surface area contributed by atoms with Crippen LogP contribution in [0.1, 0.15) is 37.4 Å². The second-order valence-corrected chi connectivity index (χ2v) is 5.89. The standard InChI is InChI=1S/C13H14BrN3O2/c14-8-5-6-11-15-16-12(17(11)7-8)9-3-1-2-4-10(9)13(18)19/h5-7,9-10H,1-4H2,(H,18,19). The van der Waals surface area contributed by atoms with Gasteiger partial charge in [-0.2, -0.15) is 0 Å². The predicted molar refractivity (Wildman–Crippen MR) is 73.0 cm³/mol. The number of aliphatic carboxylic acids is 1. The molecular weight excluding hydrogens is 310 g/mol. The quantitative estimate of drug-likeness (QED) is 0.922. The smallest absolute Gasteiger partial charge is 0.307 e. The van der Waals surface area contributed by atoms with E-state index in [1.54, 1.807) is 0 Å². The van der Waals surface area contributed by atoms with Gasteiger partial charge in [0.05, 0.1) is 5.92 Å². The molecule has 2 aromatic rings. The Morgan fingerprint density at radius 3 is 2.89 bits per heavy atom. The topological polar surface area (TPSA) is 67.5 Å². The number of rotatable bonds is 2. The molecule has 0 aliphatic heterocycles. The van der Waals surface area contributed by atoms with E-state index in [2.05, 4.69) is 26.1 Å². The number of carbonyl (C=O) groups is 1. The second-order valence-electron chi connectivity index (χ2n) is 4.97. The van der Waals surface area contributed by atoms with Crippen molar-refractivity contribution in [2.24, 2.45) is 5.92 Å². The predicted octanol–water partition coefficient (Wildman–Crippen LogP) is 2.85. The van der Waals surface area contributed by atoms with Crippen molar-refractivity contribution in [2.45, 2.75) is 31.6 Å². The van der Waals surface area contributed by atoms with Crippen LogP contribution in [0.2, 0.25) is 0 Å². The lowest BCUT2D eigenvalue weighted by molar-refractivity contribution is -0.143. The summed E-state index contributed by atoms with van der Waals surface area (Å²) in [5, 5.41) is 17.7. The van der Waals surface area contributed by atoms with E-state index in [9.17, 15) is 9.90 Å². The number of carboxylic acid groups (broad SMARTS) is 1. The Morgan fingerprint density at radius 1 is 1.32 bits per heavy atom. The third kappa shape index (κ3) is 2.25. The van der Waals surface area contributed by atoms with Gasteiger partial charge in [0.2, 0.25) is 0 Å². The summed E-state index contributed by atoms with van der Waals surface area (Å²) in [7, 11) is 0. The summed E-state index contributed by atoms with van der Waals surface area (Å²) in [5.74, 6) is -0.351. The largest absolute Gasteiger partial charge is 0.481 e. The first-order valence-corrected chi connectivity index (χ1v) is 7.19. The SMILES string of the molecule is O=C(O)C1CCCCC1c1nnc2ccc(Br)cn12. The number of fused-ring (bicyclic) bond motifs is 1. The molecule has 1 fully saturated rings. The minimum absolute atomic E-state index is 0.0458. The highest BCUT2D eigenvalue weighted by Gasteiger charge is 2.34. The van der Waals surface area contributed by atoms with Crippen LogP contribution in [0.3, 0.4) is 0 Å². The maximum Gasteiger partial charge on any atom is 0.307 e. The lowest BCUT2D eigenvalue weighted by atomic mass is 9.79. The van der Waals surface area contributed by atoms with Gasteiger partial charge >= 0.3 is 5.97 Å². The number of hydrogen-bond donors (Lipinski definition) is 1. The lowest BCUT2D eigenvalue weighted by Gasteiger charge is -2.27. The van der Waals surface area contributed by atoms with Gasteiger partial charge in [-0.05, 0) is 40.9 Å². The molecule has 1 aliphatic rings. The Morgan fingerprint density at radius 2 is 2.11 bits per heavy atom. The number of hydrogen-bond acceptors (Lipinski definition) is 3. The third-order valence-corrected chi connectivity index (χ3v) is 4.28. The van der Waals surface area contributed by atoms with Gasteiger partial charge in [0.15, 0.2) is 5.65 Å². The Bertz CT molecular complexity index is 625. The van der Waals surface area contributed by atoms with Gasteiger partial charge in [0.1, 0.15) is 5.82 Å². The summed E-state index contributed by atoms with van der Waals surface area (Å²) in [5.41, 5.74) is 0.757. The number of nitrogens with zero attached hydrogens (tertiary/aromatic N) is 3. The summed E-state index contributed by atoms with van der Waals surface area (Å²) in [4.78, 5) is 11.4. The van der Waals surface area contributed by atoms with E-state index < -0.39 is 5.97 Å².